The number of carbonyl (C=O) groups is 1. The second-order valence-corrected chi connectivity index (χ2v) is 4.47. The molecule has 0 bridgehead atoms. The van der Waals surface area contributed by atoms with Gasteiger partial charge < -0.3 is 10.6 Å². The summed E-state index contributed by atoms with van der Waals surface area (Å²) in [5, 5.41) is 9.28. The van der Waals surface area contributed by atoms with Gasteiger partial charge in [-0.1, -0.05) is 23.7 Å². The molecule has 1 aromatic carbocycles. The number of nitrogens with two attached hydrogens (primary N) is 1. The van der Waals surface area contributed by atoms with E-state index in [0.717, 1.165) is 0 Å². The maximum atomic E-state index is 12.4. The molecule has 0 aliphatic carbocycles. The summed E-state index contributed by atoms with van der Waals surface area (Å²) in [6, 6.07) is 11.9. The van der Waals surface area contributed by atoms with Gasteiger partial charge in [0.1, 0.15) is 17.6 Å². The first-order valence-corrected chi connectivity index (χ1v) is 6.11. The first-order valence-electron chi connectivity index (χ1n) is 5.74. The molecule has 5 nitrogen and oxygen atoms in total. The number of aromatic nitrogens is 1. The molecule has 0 aliphatic heterocycles. The van der Waals surface area contributed by atoms with Crippen molar-refractivity contribution in [2.75, 3.05) is 17.7 Å². The zero-order valence-corrected chi connectivity index (χ0v) is 11.4. The minimum atomic E-state index is -0.426. The highest BCUT2D eigenvalue weighted by molar-refractivity contribution is 6.34. The number of halogens is 1. The van der Waals surface area contributed by atoms with Crippen LogP contribution in [0.2, 0.25) is 5.02 Å². The Balaban J connectivity index is 2.43. The summed E-state index contributed by atoms with van der Waals surface area (Å²) in [5.41, 5.74) is 6.50. The third-order valence-corrected chi connectivity index (χ3v) is 3.07. The molecule has 0 fully saturated rings. The van der Waals surface area contributed by atoms with Gasteiger partial charge in [0, 0.05) is 7.05 Å². The Kier molecular flexibility index (Phi) is 3.87. The van der Waals surface area contributed by atoms with Gasteiger partial charge >= 0.3 is 0 Å². The number of nitrogen functional groups attached to an aromatic ring is 1. The lowest BCUT2D eigenvalue weighted by atomic mass is 10.1. The van der Waals surface area contributed by atoms with E-state index in [1.54, 1.807) is 31.3 Å². The highest BCUT2D eigenvalue weighted by Crippen LogP contribution is 2.23. The highest BCUT2D eigenvalue weighted by atomic mass is 35.5. The zero-order chi connectivity index (χ0) is 14.7. The van der Waals surface area contributed by atoms with Crippen molar-refractivity contribution < 1.29 is 4.79 Å². The van der Waals surface area contributed by atoms with Crippen molar-refractivity contribution >= 4 is 29.0 Å². The molecule has 2 aromatic rings. The van der Waals surface area contributed by atoms with Crippen molar-refractivity contribution in [2.45, 2.75) is 0 Å². The van der Waals surface area contributed by atoms with Crippen molar-refractivity contribution in [3.8, 4) is 6.07 Å². The van der Waals surface area contributed by atoms with E-state index in [9.17, 15) is 4.79 Å². The van der Waals surface area contributed by atoms with Crippen LogP contribution in [0, 0.1) is 11.3 Å². The van der Waals surface area contributed by atoms with Gasteiger partial charge in [0.05, 0.1) is 16.3 Å². The van der Waals surface area contributed by atoms with Crippen molar-refractivity contribution in [3.05, 3.63) is 52.7 Å². The normalized spacial score (nSPS) is 9.85. The minimum Gasteiger partial charge on any atom is -0.384 e. The van der Waals surface area contributed by atoms with Crippen molar-refractivity contribution in [2.24, 2.45) is 0 Å². The van der Waals surface area contributed by atoms with Gasteiger partial charge in [-0.25, -0.2) is 4.98 Å². The van der Waals surface area contributed by atoms with Crippen LogP contribution in [0.1, 0.15) is 16.1 Å². The van der Waals surface area contributed by atoms with E-state index in [4.69, 9.17) is 22.6 Å². The van der Waals surface area contributed by atoms with Crippen LogP contribution < -0.4 is 10.6 Å². The number of nitrogens with zero attached hydrogens (tertiary/aromatic N) is 3. The van der Waals surface area contributed by atoms with Crippen molar-refractivity contribution in [1.82, 2.24) is 4.98 Å². The molecule has 0 saturated heterocycles. The van der Waals surface area contributed by atoms with Crippen LogP contribution >= 0.6 is 11.6 Å². The summed E-state index contributed by atoms with van der Waals surface area (Å²) in [6.07, 6.45) is 0. The molecule has 1 amide bonds. The second-order valence-electron chi connectivity index (χ2n) is 4.06. The average molecular weight is 287 g/mol. The molecule has 1 heterocycles. The Morgan fingerprint density at radius 2 is 2.05 bits per heavy atom. The summed E-state index contributed by atoms with van der Waals surface area (Å²) < 4.78 is 0. The largest absolute Gasteiger partial charge is 0.384 e. The van der Waals surface area contributed by atoms with Gasteiger partial charge in [-0.15, -0.1) is 0 Å². The molecule has 2 rings (SSSR count). The van der Waals surface area contributed by atoms with Gasteiger partial charge in [-0.2, -0.15) is 5.26 Å². The summed E-state index contributed by atoms with van der Waals surface area (Å²) in [6.45, 7) is 0. The second kappa shape index (κ2) is 5.59. The molecule has 2 N–H and O–H groups in total. The lowest BCUT2D eigenvalue weighted by Crippen LogP contribution is -2.28. The number of benzene rings is 1. The Labute approximate surface area is 121 Å². The molecule has 0 atom stereocenters. The fraction of sp³-hybridized carbons (Fsp3) is 0.0714. The van der Waals surface area contributed by atoms with Crippen LogP contribution in [-0.4, -0.2) is 17.9 Å². The molecule has 20 heavy (non-hydrogen) atoms. The van der Waals surface area contributed by atoms with Gasteiger partial charge in [-0.3, -0.25) is 4.79 Å². The smallest absolute Gasteiger partial charge is 0.278 e. The highest BCUT2D eigenvalue weighted by Gasteiger charge is 2.20. The van der Waals surface area contributed by atoms with Crippen LogP contribution in [-0.2, 0) is 0 Å². The molecule has 0 spiro atoms. The number of para-hydroxylation sites is 1. The van der Waals surface area contributed by atoms with Crippen molar-refractivity contribution in [1.29, 1.82) is 5.26 Å². The molecule has 1 aromatic heterocycles. The topological polar surface area (TPSA) is 83.0 Å². The standard InChI is InChI=1S/C14H11ClN4O/c1-19(11-5-3-2-4-9(11)8-16)14(20)13-10(15)6-7-12(17)18-13/h2-7H,1H3,(H2,17,18). The number of hydrogen-bond acceptors (Lipinski definition) is 4. The van der Waals surface area contributed by atoms with Crippen molar-refractivity contribution in [3.63, 3.8) is 0 Å². The van der Waals surface area contributed by atoms with E-state index in [2.05, 4.69) is 4.98 Å². The summed E-state index contributed by atoms with van der Waals surface area (Å²) in [5.74, 6) is -0.218. The molecule has 100 valence electrons. The number of nitriles is 1. The molecular weight excluding hydrogens is 276 g/mol. The molecular formula is C14H11ClN4O. The van der Waals surface area contributed by atoms with E-state index in [0.29, 0.717) is 11.3 Å². The first kappa shape index (κ1) is 13.8. The van der Waals surface area contributed by atoms with E-state index < -0.39 is 5.91 Å². The SMILES string of the molecule is CN(C(=O)c1nc(N)ccc1Cl)c1ccccc1C#N. The number of pyridine rings is 1. The Bertz CT molecular complexity index is 709. The predicted molar refractivity (Wildman–Crippen MR) is 77.5 cm³/mol. The summed E-state index contributed by atoms with van der Waals surface area (Å²) >= 11 is 5.97. The molecule has 0 radical (unpaired) electrons. The third-order valence-electron chi connectivity index (χ3n) is 2.76. The minimum absolute atomic E-state index is 0.0573. The van der Waals surface area contributed by atoms with Crippen LogP contribution in [0.3, 0.4) is 0 Å². The van der Waals surface area contributed by atoms with Gasteiger partial charge in [0.2, 0.25) is 0 Å². The van der Waals surface area contributed by atoms with E-state index in [1.165, 1.54) is 17.0 Å². The van der Waals surface area contributed by atoms with E-state index in [-0.39, 0.29) is 16.5 Å². The molecule has 0 aliphatic rings. The first-order chi connectivity index (χ1) is 9.54. The fourth-order valence-corrected chi connectivity index (χ4v) is 1.92. The Hall–Kier alpha value is -2.58. The third kappa shape index (κ3) is 2.56. The van der Waals surface area contributed by atoms with Gasteiger partial charge in [-0.05, 0) is 24.3 Å². The van der Waals surface area contributed by atoms with Crippen LogP contribution in [0.25, 0.3) is 0 Å². The Morgan fingerprint density at radius 1 is 1.35 bits per heavy atom. The molecule has 6 heteroatoms. The maximum Gasteiger partial charge on any atom is 0.278 e. The van der Waals surface area contributed by atoms with Crippen LogP contribution in [0.15, 0.2) is 36.4 Å². The quantitative estimate of drug-likeness (QED) is 0.919. The number of rotatable bonds is 2. The van der Waals surface area contributed by atoms with Crippen LogP contribution in [0.5, 0.6) is 0 Å². The number of anilines is 2. The number of carbonyl (C=O) groups excluding carboxylic acids is 1. The summed E-state index contributed by atoms with van der Waals surface area (Å²) in [7, 11) is 1.56. The lowest BCUT2D eigenvalue weighted by molar-refractivity contribution is 0.0988. The van der Waals surface area contributed by atoms with Gasteiger partial charge in [0.15, 0.2) is 0 Å². The van der Waals surface area contributed by atoms with Gasteiger partial charge in [0.25, 0.3) is 5.91 Å². The zero-order valence-electron chi connectivity index (χ0n) is 10.7. The molecule has 0 unspecified atom stereocenters. The number of amides is 1. The Morgan fingerprint density at radius 3 is 2.75 bits per heavy atom. The van der Waals surface area contributed by atoms with E-state index in [1.807, 2.05) is 6.07 Å². The van der Waals surface area contributed by atoms with E-state index >= 15 is 0 Å². The maximum absolute atomic E-state index is 12.4. The fourth-order valence-electron chi connectivity index (χ4n) is 1.74. The summed E-state index contributed by atoms with van der Waals surface area (Å²) in [4.78, 5) is 17.7. The molecule has 0 saturated carbocycles. The number of hydrogen-bond donors (Lipinski definition) is 1. The van der Waals surface area contributed by atoms with Crippen LogP contribution in [0.4, 0.5) is 11.5 Å². The lowest BCUT2D eigenvalue weighted by Gasteiger charge is -2.18. The predicted octanol–water partition coefficient (Wildman–Crippen LogP) is 2.47. The average Bonchev–Trinajstić information content (AvgIpc) is 2.48. The monoisotopic (exact) mass is 286 g/mol.